The van der Waals surface area contributed by atoms with Crippen molar-refractivity contribution in [3.63, 3.8) is 0 Å². The van der Waals surface area contributed by atoms with Gasteiger partial charge in [-0.15, -0.1) is 0 Å². The molecule has 0 fully saturated rings. The van der Waals surface area contributed by atoms with Gasteiger partial charge in [-0.3, -0.25) is 0 Å². The fourth-order valence-electron chi connectivity index (χ4n) is 0.760. The van der Waals surface area contributed by atoms with Crippen LogP contribution in [-0.2, 0) is 0 Å². The van der Waals surface area contributed by atoms with Crippen LogP contribution >= 0.6 is 0 Å². The molecule has 1 radical (unpaired) electrons. The predicted octanol–water partition coefficient (Wildman–Crippen LogP) is -0.128. The minimum Gasteiger partial charge on any atom is -0.242 e. The highest BCUT2D eigenvalue weighted by molar-refractivity contribution is 5.68. The van der Waals surface area contributed by atoms with Crippen molar-refractivity contribution in [3.8, 4) is 0 Å². The van der Waals surface area contributed by atoms with Gasteiger partial charge in [0.2, 0.25) is 0 Å². The van der Waals surface area contributed by atoms with Gasteiger partial charge in [-0.25, -0.2) is 25.5 Å². The molecule has 0 aliphatic heterocycles. The van der Waals surface area contributed by atoms with Crippen LogP contribution in [-0.4, -0.2) is 19.6 Å². The van der Waals surface area contributed by atoms with Gasteiger partial charge in [0.05, 0.1) is 6.20 Å². The number of aromatic nitrogens is 4. The molecule has 0 aromatic carbocycles. The molecule has 0 aliphatic carbocycles. The Morgan fingerprint density at radius 3 is 3.10 bits per heavy atom. The summed E-state index contributed by atoms with van der Waals surface area (Å²) in [5.41, 5.74) is 1.19. The Morgan fingerprint density at radius 2 is 2.30 bits per heavy atom. The van der Waals surface area contributed by atoms with E-state index in [0.29, 0.717) is 11.2 Å². The summed E-state index contributed by atoms with van der Waals surface area (Å²) in [4.78, 5) is 11.4. The fraction of sp³-hybridized carbons (Fsp3) is 0. The molecule has 10 heavy (non-hydrogen) atoms. The Hall–Kier alpha value is -1.65. The molecule has 5 nitrogen and oxygen atoms in total. The van der Waals surface area contributed by atoms with Crippen molar-refractivity contribution in [2.75, 3.05) is 0 Å². The predicted molar refractivity (Wildman–Crippen MR) is 33.8 cm³/mol. The van der Waals surface area contributed by atoms with Gasteiger partial charge in [-0.05, 0) is 0 Å². The number of nitrogens with one attached hydrogen (secondary N) is 1. The van der Waals surface area contributed by atoms with Crippen molar-refractivity contribution in [2.24, 2.45) is 0 Å². The maximum absolute atomic E-state index is 7.22. The Kier molecular flexibility index (Phi) is 0.858. The van der Waals surface area contributed by atoms with Crippen molar-refractivity contribution in [1.29, 1.82) is 0 Å². The zero-order valence-corrected chi connectivity index (χ0v) is 5.02. The van der Waals surface area contributed by atoms with Crippen LogP contribution in [0.2, 0.25) is 0 Å². The molecule has 0 bridgehead atoms. The van der Waals surface area contributed by atoms with E-state index in [1.807, 2.05) is 0 Å². The first-order valence-corrected chi connectivity index (χ1v) is 2.72. The topological polar surface area (TPSA) is 67.4 Å². The van der Waals surface area contributed by atoms with Gasteiger partial charge in [0, 0.05) is 0 Å². The molecule has 0 amide bonds. The molecule has 0 unspecified atom stereocenters. The maximum atomic E-state index is 7.22. The van der Waals surface area contributed by atoms with E-state index in [9.17, 15) is 0 Å². The van der Waals surface area contributed by atoms with Crippen LogP contribution in [0.1, 0.15) is 0 Å². The molecule has 2 aromatic heterocycles. The first-order chi connectivity index (χ1) is 4.88. The van der Waals surface area contributed by atoms with Crippen LogP contribution in [0.4, 0.5) is 0 Å². The summed E-state index contributed by atoms with van der Waals surface area (Å²) in [5, 5.41) is 0. The molecule has 0 spiro atoms. The molecule has 0 saturated carbocycles. The largest absolute Gasteiger partial charge is 0.242 e. The molecule has 1 N–H and O–H groups in total. The summed E-state index contributed by atoms with van der Waals surface area (Å²) >= 11 is 0. The minimum absolute atomic E-state index is 0.560. The molecule has 2 rings (SSSR count). The van der Waals surface area contributed by atoms with Crippen molar-refractivity contribution < 1.29 is 0 Å². The van der Waals surface area contributed by atoms with E-state index in [1.165, 1.54) is 12.7 Å². The summed E-state index contributed by atoms with van der Waals surface area (Å²) in [6.45, 7) is 0. The number of rotatable bonds is 0. The second kappa shape index (κ2) is 1.66. The van der Waals surface area contributed by atoms with Gasteiger partial charge in [-0.2, -0.15) is 0 Å². The van der Waals surface area contributed by atoms with Crippen LogP contribution in [0.3, 0.4) is 0 Å². The third-order valence-corrected chi connectivity index (χ3v) is 1.23. The van der Waals surface area contributed by atoms with Crippen molar-refractivity contribution in [1.82, 2.24) is 25.5 Å². The molecule has 0 atom stereocenters. The monoisotopic (exact) mass is 134 g/mol. The Balaban J connectivity index is 2.93. The van der Waals surface area contributed by atoms with Crippen LogP contribution in [0.15, 0.2) is 18.9 Å². The molecular formula is C5H4N5. The summed E-state index contributed by atoms with van der Waals surface area (Å²) in [7, 11) is 0. The van der Waals surface area contributed by atoms with Gasteiger partial charge < -0.3 is 0 Å². The molecule has 0 aliphatic rings. The number of nitrogens with zero attached hydrogens (tertiary/aromatic N) is 4. The highest BCUT2D eigenvalue weighted by Gasteiger charge is 1.98. The smallest absolute Gasteiger partial charge is 0.182 e. The SMILES string of the molecule is [NH]n1cnc2ncncc21. The Morgan fingerprint density at radius 1 is 1.40 bits per heavy atom. The van der Waals surface area contributed by atoms with Crippen molar-refractivity contribution in [3.05, 3.63) is 18.9 Å². The lowest BCUT2D eigenvalue weighted by Gasteiger charge is -1.87. The molecule has 0 saturated heterocycles. The molecule has 2 aromatic rings. The van der Waals surface area contributed by atoms with Gasteiger partial charge in [0.25, 0.3) is 0 Å². The second-order valence-corrected chi connectivity index (χ2v) is 1.85. The van der Waals surface area contributed by atoms with Crippen LogP contribution in [0.5, 0.6) is 0 Å². The van der Waals surface area contributed by atoms with Crippen LogP contribution < -0.4 is 5.84 Å². The number of imidazole rings is 1. The van der Waals surface area contributed by atoms with E-state index in [-0.39, 0.29) is 0 Å². The van der Waals surface area contributed by atoms with Crippen LogP contribution in [0.25, 0.3) is 11.2 Å². The summed E-state index contributed by atoms with van der Waals surface area (Å²) in [6, 6.07) is 0. The maximum Gasteiger partial charge on any atom is 0.182 e. The minimum atomic E-state index is 0.560. The van der Waals surface area contributed by atoms with E-state index < -0.39 is 0 Å². The van der Waals surface area contributed by atoms with E-state index in [1.54, 1.807) is 6.20 Å². The number of hydrogen-bond acceptors (Lipinski definition) is 3. The fourth-order valence-corrected chi connectivity index (χ4v) is 0.760. The summed E-state index contributed by atoms with van der Waals surface area (Å²) in [6.07, 6.45) is 4.36. The molecule has 49 valence electrons. The summed E-state index contributed by atoms with van der Waals surface area (Å²) in [5.74, 6) is 7.22. The standard InChI is InChI=1S/C5H4N5/c6-10-3-9-5-4(10)1-7-2-8-5/h1-3,6H. The normalized spacial score (nSPS) is 10.4. The van der Waals surface area contributed by atoms with E-state index in [4.69, 9.17) is 5.84 Å². The first kappa shape index (κ1) is 5.16. The third-order valence-electron chi connectivity index (χ3n) is 1.23. The quantitative estimate of drug-likeness (QED) is 0.504. The Labute approximate surface area is 56.5 Å². The lowest BCUT2D eigenvalue weighted by Crippen LogP contribution is -1.89. The number of hydrogen-bond donors (Lipinski definition) is 0. The second-order valence-electron chi connectivity index (χ2n) is 1.85. The zero-order chi connectivity index (χ0) is 6.97. The lowest BCUT2D eigenvalue weighted by molar-refractivity contribution is 0.865. The van der Waals surface area contributed by atoms with Gasteiger partial charge in [-0.1, -0.05) is 0 Å². The average Bonchev–Trinajstić information content (AvgIpc) is 2.34. The van der Waals surface area contributed by atoms with Gasteiger partial charge >= 0.3 is 0 Å². The van der Waals surface area contributed by atoms with Gasteiger partial charge in [0.15, 0.2) is 5.65 Å². The average molecular weight is 134 g/mol. The summed E-state index contributed by atoms with van der Waals surface area (Å²) < 4.78 is 1.13. The van der Waals surface area contributed by atoms with Gasteiger partial charge in [0.1, 0.15) is 18.2 Å². The lowest BCUT2D eigenvalue weighted by atomic mass is 10.6. The van der Waals surface area contributed by atoms with E-state index >= 15 is 0 Å². The first-order valence-electron chi connectivity index (χ1n) is 2.72. The molecule has 5 heteroatoms. The molecule has 2 heterocycles. The van der Waals surface area contributed by atoms with Crippen LogP contribution in [0, 0.1) is 0 Å². The number of fused-ring (bicyclic) bond motifs is 1. The highest BCUT2D eigenvalue weighted by Crippen LogP contribution is 2.02. The van der Waals surface area contributed by atoms with E-state index in [2.05, 4.69) is 15.0 Å². The third kappa shape index (κ3) is 0.540. The van der Waals surface area contributed by atoms with Crippen molar-refractivity contribution >= 4 is 11.2 Å². The van der Waals surface area contributed by atoms with Crippen molar-refractivity contribution in [2.45, 2.75) is 0 Å². The highest BCUT2D eigenvalue weighted by atomic mass is 15.3. The molecular weight excluding hydrogens is 130 g/mol. The zero-order valence-electron chi connectivity index (χ0n) is 5.02. The Bertz CT molecular complexity index is 352. The van der Waals surface area contributed by atoms with E-state index in [0.717, 1.165) is 4.68 Å².